The third-order valence-electron chi connectivity index (χ3n) is 5.98. The van der Waals surface area contributed by atoms with Gasteiger partial charge in [-0.2, -0.15) is 13.2 Å². The molecule has 0 aliphatic heterocycles. The molecule has 8 heteroatoms. The number of nitrogens with one attached hydrogen (secondary N) is 2. The molecule has 0 unspecified atom stereocenters. The summed E-state index contributed by atoms with van der Waals surface area (Å²) in [7, 11) is 0. The van der Waals surface area contributed by atoms with Crippen LogP contribution in [0.3, 0.4) is 0 Å². The summed E-state index contributed by atoms with van der Waals surface area (Å²) in [6.45, 7) is 0.235. The third kappa shape index (κ3) is 4.09. The van der Waals surface area contributed by atoms with E-state index in [1.54, 1.807) is 18.5 Å². The molecule has 168 valence electrons. The van der Waals surface area contributed by atoms with E-state index in [0.29, 0.717) is 12.0 Å². The average Bonchev–Trinajstić information content (AvgIpc) is 3.42. The maximum absolute atomic E-state index is 13.0. The maximum Gasteiger partial charge on any atom is 0.491 e. The zero-order chi connectivity index (χ0) is 23.1. The van der Waals surface area contributed by atoms with Crippen LogP contribution in [0.2, 0.25) is 0 Å². The Bertz CT molecular complexity index is 1310. The lowest BCUT2D eigenvalue weighted by Crippen LogP contribution is -2.46. The van der Waals surface area contributed by atoms with Crippen molar-refractivity contribution < 1.29 is 22.7 Å². The Labute approximate surface area is 187 Å². The van der Waals surface area contributed by atoms with Crippen LogP contribution < -0.4 is 5.32 Å². The first-order chi connectivity index (χ1) is 15.8. The Balaban J connectivity index is 1.37. The largest absolute Gasteiger partial charge is 0.491 e. The molecule has 4 aromatic rings. The molecule has 0 saturated carbocycles. The fourth-order valence-corrected chi connectivity index (χ4v) is 4.29. The lowest BCUT2D eigenvalue weighted by Gasteiger charge is -2.32. The van der Waals surface area contributed by atoms with Gasteiger partial charge >= 0.3 is 12.1 Å². The number of rotatable bonds is 5. The molecule has 0 spiro atoms. The molecule has 1 heterocycles. The number of esters is 1. The number of fused-ring (bicyclic) bond motifs is 2. The van der Waals surface area contributed by atoms with Gasteiger partial charge in [0.2, 0.25) is 0 Å². The second-order valence-corrected chi connectivity index (χ2v) is 8.06. The number of imidazole rings is 1. The summed E-state index contributed by atoms with van der Waals surface area (Å²) in [5.74, 6) is -2.20. The van der Waals surface area contributed by atoms with Crippen LogP contribution in [-0.4, -0.2) is 22.1 Å². The van der Waals surface area contributed by atoms with Crippen molar-refractivity contribution in [2.45, 2.75) is 31.3 Å². The van der Waals surface area contributed by atoms with E-state index in [1.807, 2.05) is 54.6 Å². The number of alkyl halides is 3. The lowest BCUT2D eigenvalue weighted by atomic mass is 10.0. The molecular weight excluding hydrogens is 431 g/mol. The molecule has 1 aliphatic carbocycles. The minimum atomic E-state index is -5.07. The molecule has 3 aromatic carbocycles. The van der Waals surface area contributed by atoms with Crippen molar-refractivity contribution in [3.63, 3.8) is 0 Å². The number of aryl methyl sites for hydroxylation is 1. The summed E-state index contributed by atoms with van der Waals surface area (Å²) < 4.78 is 44.0. The van der Waals surface area contributed by atoms with E-state index in [0.717, 1.165) is 33.3 Å². The SMILES string of the molecule is O=C(O[C@@]1(NCc2ccc(-c3ccc4nc[nH]c4c3)cc2)CCc2ccccc21)C(F)(F)F. The fraction of sp³-hybridized carbons (Fsp3) is 0.200. The Morgan fingerprint density at radius 3 is 2.61 bits per heavy atom. The molecule has 0 fully saturated rings. The number of halogens is 3. The first kappa shape index (κ1) is 21.2. The van der Waals surface area contributed by atoms with Crippen LogP contribution in [-0.2, 0) is 28.2 Å². The van der Waals surface area contributed by atoms with Gasteiger partial charge in [0.15, 0.2) is 5.72 Å². The lowest BCUT2D eigenvalue weighted by molar-refractivity contribution is -0.219. The highest BCUT2D eigenvalue weighted by atomic mass is 19.4. The van der Waals surface area contributed by atoms with Crippen LogP contribution in [0.4, 0.5) is 13.2 Å². The smallest absolute Gasteiger partial charge is 0.433 e. The number of nitrogens with zero attached hydrogens (tertiary/aromatic N) is 1. The standard InChI is InChI=1S/C25H20F3N3O2/c26-25(27,28)23(32)33-24(12-11-18-3-1-2-4-20(18)24)31-14-16-5-7-17(8-6-16)19-9-10-21-22(13-19)30-15-29-21/h1-10,13,15,31H,11-12,14H2,(H,29,30)/t24-/m0/s1. The highest BCUT2D eigenvalue weighted by molar-refractivity contribution is 5.81. The number of hydrogen-bond donors (Lipinski definition) is 2. The van der Waals surface area contributed by atoms with Gasteiger partial charge in [-0.15, -0.1) is 0 Å². The van der Waals surface area contributed by atoms with Gasteiger partial charge in [-0.05, 0) is 40.8 Å². The van der Waals surface area contributed by atoms with Gasteiger partial charge in [0, 0.05) is 18.5 Å². The van der Waals surface area contributed by atoms with Crippen molar-refractivity contribution in [3.8, 4) is 11.1 Å². The predicted octanol–water partition coefficient (Wildman–Crippen LogP) is 5.22. The van der Waals surface area contributed by atoms with Crippen molar-refractivity contribution in [3.05, 3.63) is 89.7 Å². The van der Waals surface area contributed by atoms with Gasteiger partial charge in [-0.1, -0.05) is 54.6 Å². The molecule has 33 heavy (non-hydrogen) atoms. The third-order valence-corrected chi connectivity index (χ3v) is 5.98. The monoisotopic (exact) mass is 451 g/mol. The Morgan fingerprint density at radius 2 is 1.82 bits per heavy atom. The first-order valence-electron chi connectivity index (χ1n) is 10.5. The Hall–Kier alpha value is -3.65. The molecule has 0 amide bonds. The van der Waals surface area contributed by atoms with E-state index in [1.165, 1.54) is 0 Å². The van der Waals surface area contributed by atoms with E-state index in [-0.39, 0.29) is 13.0 Å². The molecule has 1 aliphatic rings. The van der Waals surface area contributed by atoms with Crippen LogP contribution in [0.15, 0.2) is 73.1 Å². The van der Waals surface area contributed by atoms with Crippen molar-refractivity contribution in [2.24, 2.45) is 0 Å². The minimum absolute atomic E-state index is 0.233. The van der Waals surface area contributed by atoms with E-state index in [2.05, 4.69) is 15.3 Å². The minimum Gasteiger partial charge on any atom is -0.433 e. The number of ether oxygens (including phenoxy) is 1. The van der Waals surface area contributed by atoms with E-state index in [9.17, 15) is 18.0 Å². The van der Waals surface area contributed by atoms with Crippen LogP contribution >= 0.6 is 0 Å². The normalized spacial score (nSPS) is 17.8. The number of benzene rings is 3. The summed E-state index contributed by atoms with van der Waals surface area (Å²) in [6, 6.07) is 20.7. The van der Waals surface area contributed by atoms with E-state index >= 15 is 0 Å². The van der Waals surface area contributed by atoms with Crippen LogP contribution in [0.5, 0.6) is 0 Å². The Kier molecular flexibility index (Phi) is 5.17. The second kappa shape index (κ2) is 8.04. The molecule has 1 aromatic heterocycles. The first-order valence-corrected chi connectivity index (χ1v) is 10.5. The molecule has 2 N–H and O–H groups in total. The number of H-pyrrole nitrogens is 1. The van der Waals surface area contributed by atoms with Crippen LogP contribution in [0.1, 0.15) is 23.1 Å². The summed E-state index contributed by atoms with van der Waals surface area (Å²) in [5, 5.41) is 3.09. The summed E-state index contributed by atoms with van der Waals surface area (Å²) >= 11 is 0. The molecule has 5 rings (SSSR count). The average molecular weight is 451 g/mol. The van der Waals surface area contributed by atoms with Crippen LogP contribution in [0.25, 0.3) is 22.2 Å². The fourth-order valence-electron chi connectivity index (χ4n) is 4.29. The molecular formula is C25H20F3N3O2. The van der Waals surface area contributed by atoms with Gasteiger partial charge in [0.1, 0.15) is 0 Å². The second-order valence-electron chi connectivity index (χ2n) is 8.06. The summed E-state index contributed by atoms with van der Waals surface area (Å²) in [5.41, 5.74) is 4.60. The summed E-state index contributed by atoms with van der Waals surface area (Å²) in [4.78, 5) is 19.0. The molecule has 0 saturated heterocycles. The number of aromatic nitrogens is 2. The van der Waals surface area contributed by atoms with Gasteiger partial charge in [0.25, 0.3) is 0 Å². The Morgan fingerprint density at radius 1 is 1.06 bits per heavy atom. The highest BCUT2D eigenvalue weighted by Gasteiger charge is 2.49. The maximum atomic E-state index is 13.0. The van der Waals surface area contributed by atoms with Crippen molar-refractivity contribution in [2.75, 3.05) is 0 Å². The molecule has 0 bridgehead atoms. The molecule has 1 atom stereocenters. The van der Waals surface area contributed by atoms with Gasteiger partial charge in [-0.3, -0.25) is 5.32 Å². The topological polar surface area (TPSA) is 67.0 Å². The van der Waals surface area contributed by atoms with E-state index < -0.39 is 17.9 Å². The number of carbonyl (C=O) groups is 1. The van der Waals surface area contributed by atoms with Gasteiger partial charge < -0.3 is 9.72 Å². The number of carbonyl (C=O) groups excluding carboxylic acids is 1. The van der Waals surface area contributed by atoms with Gasteiger partial charge in [0.05, 0.1) is 17.4 Å². The van der Waals surface area contributed by atoms with Crippen molar-refractivity contribution in [1.82, 2.24) is 15.3 Å². The van der Waals surface area contributed by atoms with Crippen molar-refractivity contribution in [1.29, 1.82) is 0 Å². The van der Waals surface area contributed by atoms with Gasteiger partial charge in [-0.25, -0.2) is 9.78 Å². The summed E-state index contributed by atoms with van der Waals surface area (Å²) in [6.07, 6.45) is -2.67. The number of hydrogen-bond acceptors (Lipinski definition) is 4. The quantitative estimate of drug-likeness (QED) is 0.322. The molecule has 5 nitrogen and oxygen atoms in total. The van der Waals surface area contributed by atoms with Crippen LogP contribution in [0, 0.1) is 0 Å². The predicted molar refractivity (Wildman–Crippen MR) is 117 cm³/mol. The van der Waals surface area contributed by atoms with E-state index in [4.69, 9.17) is 4.74 Å². The molecule has 0 radical (unpaired) electrons. The van der Waals surface area contributed by atoms with Crippen molar-refractivity contribution >= 4 is 17.0 Å². The number of aromatic amines is 1. The zero-order valence-corrected chi connectivity index (χ0v) is 17.4. The highest BCUT2D eigenvalue weighted by Crippen LogP contribution is 2.39. The zero-order valence-electron chi connectivity index (χ0n) is 17.4.